The summed E-state index contributed by atoms with van der Waals surface area (Å²) < 4.78 is 0. The van der Waals surface area contributed by atoms with Crippen LogP contribution in [-0.2, 0) is 26.5 Å². The zero-order valence-corrected chi connectivity index (χ0v) is 13.3. The van der Waals surface area contributed by atoms with Crippen molar-refractivity contribution in [2.45, 2.75) is 6.42 Å². The molecule has 0 bridgehead atoms. The first-order valence-electron chi connectivity index (χ1n) is 4.18. The maximum absolute atomic E-state index is 9.98. The van der Waals surface area contributed by atoms with E-state index in [0.717, 1.165) is 6.42 Å². The monoisotopic (exact) mass is 342 g/mol. The standard InChI is InChI=1S/C7H4ClO.C5H5.2ClH.H2O.Ti/c8-7-3-1-2-6(4-7)5-9;1-2-4-5-3-1;;;;/h1-4H;1-3H,4H2;2*1H;1H2;/q2*-1;;;;+2. The van der Waals surface area contributed by atoms with Crippen molar-refractivity contribution in [2.75, 3.05) is 0 Å². The molecule has 2 rings (SSSR count). The first-order valence-corrected chi connectivity index (χ1v) is 4.56. The topological polar surface area (TPSA) is 48.6 Å². The molecule has 6 heteroatoms. The fourth-order valence-electron chi connectivity index (χ4n) is 0.892. The second-order valence-electron chi connectivity index (χ2n) is 2.62. The quantitative estimate of drug-likeness (QED) is 0.571. The molecule has 0 spiro atoms. The van der Waals surface area contributed by atoms with Crippen molar-refractivity contribution in [1.29, 1.82) is 0 Å². The average Bonchev–Trinajstić information content (AvgIpc) is 2.75. The van der Waals surface area contributed by atoms with Gasteiger partial charge in [0.05, 0.1) is 6.29 Å². The summed E-state index contributed by atoms with van der Waals surface area (Å²) in [5, 5.41) is 0.566. The Morgan fingerprint density at radius 1 is 1.28 bits per heavy atom. The number of hydrogen-bond acceptors (Lipinski definition) is 1. The minimum absolute atomic E-state index is 0. The molecule has 0 amide bonds. The van der Waals surface area contributed by atoms with Crippen LogP contribution in [0.2, 0.25) is 5.02 Å². The molecule has 0 aliphatic heterocycles. The molecular formula is C12H13Cl3O2Ti. The predicted molar refractivity (Wildman–Crippen MR) is 75.9 cm³/mol. The molecule has 1 aliphatic carbocycles. The number of allylic oxidation sites excluding steroid dienone is 4. The normalized spacial score (nSPS) is 9.39. The third kappa shape index (κ3) is 12.4. The number of carbonyl (C=O) groups excluding carboxylic acids is 1. The van der Waals surface area contributed by atoms with Gasteiger partial charge < -0.3 is 10.3 Å². The summed E-state index contributed by atoms with van der Waals surface area (Å²) in [5.41, 5.74) is 0.488. The molecule has 98 valence electrons. The van der Waals surface area contributed by atoms with E-state index in [0.29, 0.717) is 10.6 Å². The van der Waals surface area contributed by atoms with Crippen molar-refractivity contribution < 1.29 is 32.0 Å². The molecule has 2 nitrogen and oxygen atoms in total. The van der Waals surface area contributed by atoms with Crippen LogP contribution in [0.15, 0.2) is 42.5 Å². The average molecular weight is 343 g/mol. The van der Waals surface area contributed by atoms with Gasteiger partial charge in [-0.05, 0) is 5.02 Å². The van der Waals surface area contributed by atoms with E-state index in [9.17, 15) is 4.79 Å². The number of benzene rings is 1. The summed E-state index contributed by atoms with van der Waals surface area (Å²) in [6.07, 6.45) is 11.7. The molecule has 0 aromatic heterocycles. The zero-order chi connectivity index (χ0) is 10.2. The van der Waals surface area contributed by atoms with Crippen molar-refractivity contribution in [3.05, 3.63) is 59.2 Å². The van der Waals surface area contributed by atoms with Crippen molar-refractivity contribution in [1.82, 2.24) is 0 Å². The van der Waals surface area contributed by atoms with Crippen LogP contribution >= 0.6 is 36.4 Å². The Bertz CT molecular complexity index is 358. The van der Waals surface area contributed by atoms with Gasteiger partial charge in [-0.1, -0.05) is 17.7 Å². The summed E-state index contributed by atoms with van der Waals surface area (Å²) in [4.78, 5) is 9.98. The first kappa shape index (κ1) is 26.5. The van der Waals surface area contributed by atoms with E-state index in [1.54, 1.807) is 30.6 Å². The van der Waals surface area contributed by atoms with E-state index < -0.39 is 0 Å². The second kappa shape index (κ2) is 16.9. The molecule has 1 aromatic carbocycles. The Hall–Kier alpha value is -0.0857. The second-order valence-corrected chi connectivity index (χ2v) is 3.05. The van der Waals surface area contributed by atoms with Gasteiger partial charge in [-0.3, -0.25) is 6.08 Å². The fourth-order valence-corrected chi connectivity index (χ4v) is 1.08. The molecule has 0 unspecified atom stereocenters. The zero-order valence-electron chi connectivity index (χ0n) is 9.35. The minimum Gasteiger partial charge on any atom is -0.412 e. The van der Waals surface area contributed by atoms with Gasteiger partial charge in [-0.25, -0.2) is 12.2 Å². The van der Waals surface area contributed by atoms with Crippen LogP contribution in [0.5, 0.6) is 0 Å². The van der Waals surface area contributed by atoms with Gasteiger partial charge in [-0.15, -0.1) is 48.9 Å². The van der Waals surface area contributed by atoms with E-state index in [1.165, 1.54) is 0 Å². The Morgan fingerprint density at radius 3 is 2.22 bits per heavy atom. The van der Waals surface area contributed by atoms with E-state index in [-0.39, 0.29) is 52.0 Å². The summed E-state index contributed by atoms with van der Waals surface area (Å²) in [6.45, 7) is 0. The fraction of sp³-hybridized carbons (Fsp3) is 0.0833. The number of rotatable bonds is 1. The van der Waals surface area contributed by atoms with Crippen LogP contribution < -0.4 is 0 Å². The summed E-state index contributed by atoms with van der Waals surface area (Å²) in [6, 6.07) is 6.64. The summed E-state index contributed by atoms with van der Waals surface area (Å²) in [5.74, 6) is 0. The largest absolute Gasteiger partial charge is 2.00 e. The van der Waals surface area contributed by atoms with Crippen molar-refractivity contribution in [3.8, 4) is 0 Å². The number of halogens is 3. The summed E-state index contributed by atoms with van der Waals surface area (Å²) in [7, 11) is 0. The molecule has 0 heterocycles. The van der Waals surface area contributed by atoms with Crippen LogP contribution in [0.4, 0.5) is 0 Å². The molecule has 18 heavy (non-hydrogen) atoms. The number of hydrogen-bond donors (Lipinski definition) is 0. The molecule has 1 aromatic rings. The van der Waals surface area contributed by atoms with Crippen molar-refractivity contribution in [3.63, 3.8) is 0 Å². The van der Waals surface area contributed by atoms with Crippen LogP contribution in [0.25, 0.3) is 0 Å². The maximum Gasteiger partial charge on any atom is 2.00 e. The van der Waals surface area contributed by atoms with Gasteiger partial charge in [-0.2, -0.15) is 12.1 Å². The van der Waals surface area contributed by atoms with Gasteiger partial charge in [0.1, 0.15) is 0 Å². The smallest absolute Gasteiger partial charge is 0.412 e. The predicted octanol–water partition coefficient (Wildman–Crippen LogP) is 3.12. The van der Waals surface area contributed by atoms with Gasteiger partial charge in [0.25, 0.3) is 0 Å². The third-order valence-corrected chi connectivity index (χ3v) is 1.76. The van der Waals surface area contributed by atoms with Crippen LogP contribution in [0.3, 0.4) is 0 Å². The third-order valence-electron chi connectivity index (χ3n) is 1.53. The van der Waals surface area contributed by atoms with Gasteiger partial charge in [0, 0.05) is 0 Å². The van der Waals surface area contributed by atoms with Crippen LogP contribution in [-0.4, -0.2) is 11.8 Å². The van der Waals surface area contributed by atoms with E-state index >= 15 is 0 Å². The molecule has 1 aliphatic rings. The van der Waals surface area contributed by atoms with Crippen molar-refractivity contribution in [2.24, 2.45) is 0 Å². The molecule has 0 fully saturated rings. The molecule has 0 saturated carbocycles. The van der Waals surface area contributed by atoms with E-state index in [4.69, 9.17) is 11.6 Å². The van der Waals surface area contributed by atoms with Crippen LogP contribution in [0, 0.1) is 6.08 Å². The van der Waals surface area contributed by atoms with E-state index in [2.05, 4.69) is 12.2 Å². The Balaban J connectivity index is -0.0000000969. The van der Waals surface area contributed by atoms with Gasteiger partial charge >= 0.3 is 21.7 Å². The van der Waals surface area contributed by atoms with Crippen LogP contribution in [0.1, 0.15) is 12.0 Å². The maximum atomic E-state index is 9.98. The Morgan fingerprint density at radius 2 is 1.94 bits per heavy atom. The van der Waals surface area contributed by atoms with Gasteiger partial charge in [0.15, 0.2) is 0 Å². The summed E-state index contributed by atoms with van der Waals surface area (Å²) >= 11 is 5.54. The minimum atomic E-state index is 0. The molecule has 0 atom stereocenters. The van der Waals surface area contributed by atoms with Gasteiger partial charge in [0.2, 0.25) is 0 Å². The Labute approximate surface area is 139 Å². The molecule has 0 radical (unpaired) electrons. The first-order chi connectivity index (χ1) is 6.83. The Kier molecular flexibility index (Phi) is 24.9. The van der Waals surface area contributed by atoms with E-state index in [1.807, 2.05) is 12.2 Å². The molecule has 0 saturated heterocycles. The molecular weight excluding hydrogens is 330 g/mol. The SMILES string of the molecule is Cl.Cl.O.O=[C-]c1cccc(Cl)c1.[C-]1=CC=CC1.[Ti+2]. The van der Waals surface area contributed by atoms with Crippen molar-refractivity contribution >= 4 is 42.7 Å². The molecule has 2 N–H and O–H groups in total.